The van der Waals surface area contributed by atoms with Crippen molar-refractivity contribution < 1.29 is 0 Å². The second-order valence-corrected chi connectivity index (χ2v) is 6.52. The smallest absolute Gasteiger partial charge is 0.0135 e. The molecule has 0 heterocycles. The third-order valence-electron chi connectivity index (χ3n) is 6.76. The fourth-order valence-corrected chi connectivity index (χ4v) is 7.13. The number of hydrogen-bond acceptors (Lipinski definition) is 1. The van der Waals surface area contributed by atoms with Gasteiger partial charge in [-0.1, -0.05) is 6.92 Å². The van der Waals surface area contributed by atoms with Crippen molar-refractivity contribution in [2.75, 3.05) is 6.54 Å². The predicted molar refractivity (Wildman–Crippen MR) is 54.6 cm³/mol. The number of hydrogen-bond donors (Lipinski definition) is 1. The topological polar surface area (TPSA) is 12.0 Å². The molecule has 1 unspecified atom stereocenters. The van der Waals surface area contributed by atoms with Crippen molar-refractivity contribution in [3.63, 3.8) is 0 Å². The van der Waals surface area contributed by atoms with Gasteiger partial charge in [0, 0.05) is 6.04 Å². The third-order valence-corrected chi connectivity index (χ3v) is 6.76. The van der Waals surface area contributed by atoms with Crippen molar-refractivity contribution >= 4 is 0 Å². The molecule has 6 fully saturated rings. The van der Waals surface area contributed by atoms with Crippen LogP contribution in [0.5, 0.6) is 0 Å². The summed E-state index contributed by atoms with van der Waals surface area (Å²) in [6.07, 6.45) is 3.28. The van der Waals surface area contributed by atoms with Gasteiger partial charge in [-0.2, -0.15) is 0 Å². The molecular weight excluding hydrogens is 170 g/mol. The highest BCUT2D eigenvalue weighted by Gasteiger charge is 2.79. The largest absolute Gasteiger partial charge is 0.314 e. The van der Waals surface area contributed by atoms with Crippen LogP contribution in [0, 0.1) is 47.3 Å². The summed E-state index contributed by atoms with van der Waals surface area (Å²) in [5.74, 6) is 9.45. The van der Waals surface area contributed by atoms with Gasteiger partial charge < -0.3 is 5.32 Å². The first-order valence-electron chi connectivity index (χ1n) is 6.65. The summed E-state index contributed by atoms with van der Waals surface area (Å²) in [4.78, 5) is 0. The molecule has 0 saturated heterocycles. The van der Waals surface area contributed by atoms with E-state index in [9.17, 15) is 0 Å². The molecule has 6 rings (SSSR count). The molecule has 1 heteroatoms. The Morgan fingerprint density at radius 3 is 1.93 bits per heavy atom. The van der Waals surface area contributed by atoms with Crippen LogP contribution >= 0.6 is 0 Å². The Morgan fingerprint density at radius 1 is 0.857 bits per heavy atom. The van der Waals surface area contributed by atoms with E-state index < -0.39 is 0 Å². The van der Waals surface area contributed by atoms with E-state index in [1.807, 2.05) is 0 Å². The molecule has 0 aromatic heterocycles. The van der Waals surface area contributed by atoms with Crippen molar-refractivity contribution in [1.29, 1.82) is 0 Å². The molecule has 0 aromatic rings. The third kappa shape index (κ3) is 0.476. The van der Waals surface area contributed by atoms with Crippen molar-refractivity contribution in [2.45, 2.75) is 25.8 Å². The Morgan fingerprint density at radius 2 is 1.43 bits per heavy atom. The monoisotopic (exact) mass is 189 g/mol. The highest BCUT2D eigenvalue weighted by molar-refractivity contribution is 5.29. The summed E-state index contributed by atoms with van der Waals surface area (Å²) in [7, 11) is 0. The molecule has 9 atom stereocenters. The Bertz CT molecular complexity index is 284. The summed E-state index contributed by atoms with van der Waals surface area (Å²) < 4.78 is 0. The van der Waals surface area contributed by atoms with Crippen molar-refractivity contribution in [1.82, 2.24) is 5.32 Å². The molecule has 0 aromatic carbocycles. The second-order valence-electron chi connectivity index (χ2n) is 6.52. The molecule has 6 aliphatic carbocycles. The maximum absolute atomic E-state index is 3.82. The normalized spacial score (nSPS) is 74.8. The summed E-state index contributed by atoms with van der Waals surface area (Å²) >= 11 is 0. The fourth-order valence-electron chi connectivity index (χ4n) is 7.13. The number of nitrogens with one attached hydrogen (secondary N) is 1. The molecular formula is C13H19N. The SMILES string of the molecule is CCNC1[C@H]2[C@H]3C[C@H]4[C@H]5C[C@H]([C@H]1[C@@H]53)[C@H]42. The van der Waals surface area contributed by atoms with Gasteiger partial charge in [-0.25, -0.2) is 0 Å². The summed E-state index contributed by atoms with van der Waals surface area (Å²) in [5.41, 5.74) is 0. The van der Waals surface area contributed by atoms with Crippen LogP contribution in [0.3, 0.4) is 0 Å². The van der Waals surface area contributed by atoms with Crippen molar-refractivity contribution in [3.8, 4) is 0 Å². The van der Waals surface area contributed by atoms with Crippen LogP contribution in [0.4, 0.5) is 0 Å². The minimum Gasteiger partial charge on any atom is -0.314 e. The molecule has 0 spiro atoms. The Labute approximate surface area is 85.6 Å². The van der Waals surface area contributed by atoms with Crippen LogP contribution in [-0.4, -0.2) is 12.6 Å². The van der Waals surface area contributed by atoms with E-state index in [1.54, 1.807) is 12.8 Å². The van der Waals surface area contributed by atoms with Crippen LogP contribution in [0.25, 0.3) is 0 Å². The van der Waals surface area contributed by atoms with Gasteiger partial charge in [0.25, 0.3) is 0 Å². The highest BCUT2D eigenvalue weighted by Crippen LogP contribution is 2.82. The molecule has 1 nitrogen and oxygen atoms in total. The first kappa shape index (κ1) is 7.27. The summed E-state index contributed by atoms with van der Waals surface area (Å²) in [5, 5.41) is 3.82. The maximum atomic E-state index is 3.82. The van der Waals surface area contributed by atoms with Crippen molar-refractivity contribution in [3.05, 3.63) is 0 Å². The lowest BCUT2D eigenvalue weighted by Gasteiger charge is -2.33. The van der Waals surface area contributed by atoms with E-state index in [2.05, 4.69) is 12.2 Å². The Hall–Kier alpha value is -0.0400. The van der Waals surface area contributed by atoms with Crippen LogP contribution in [-0.2, 0) is 0 Å². The first-order chi connectivity index (χ1) is 6.92. The van der Waals surface area contributed by atoms with E-state index in [4.69, 9.17) is 0 Å². The van der Waals surface area contributed by atoms with Crippen molar-refractivity contribution in [2.24, 2.45) is 47.3 Å². The lowest BCUT2D eigenvalue weighted by molar-refractivity contribution is 0.132. The molecule has 6 saturated carbocycles. The van der Waals surface area contributed by atoms with E-state index in [1.165, 1.54) is 42.1 Å². The van der Waals surface area contributed by atoms with Gasteiger partial charge in [0.05, 0.1) is 0 Å². The molecule has 0 amide bonds. The van der Waals surface area contributed by atoms with E-state index in [0.29, 0.717) is 0 Å². The quantitative estimate of drug-likeness (QED) is 0.697. The summed E-state index contributed by atoms with van der Waals surface area (Å²) in [6.45, 7) is 3.49. The van der Waals surface area contributed by atoms with Gasteiger partial charge in [-0.3, -0.25) is 0 Å². The molecule has 0 aliphatic heterocycles. The van der Waals surface area contributed by atoms with Crippen LogP contribution in [0.15, 0.2) is 0 Å². The van der Waals surface area contributed by atoms with E-state index >= 15 is 0 Å². The van der Waals surface area contributed by atoms with Gasteiger partial charge in [0.2, 0.25) is 0 Å². The minimum atomic E-state index is 0.961. The average molecular weight is 189 g/mol. The Balaban J connectivity index is 1.67. The standard InChI is InChI=1S/C13H19N/c1-2-14-13-11-7-3-5-6-4-8(9(5)11)12(13)10(6)7/h5-14H,2-4H2,1H3/t5-,6+,7-,8-,9-,10-,11-,12-,13?/m0/s1. The van der Waals surface area contributed by atoms with Gasteiger partial charge >= 0.3 is 0 Å². The zero-order valence-corrected chi connectivity index (χ0v) is 8.82. The zero-order valence-electron chi connectivity index (χ0n) is 8.82. The lowest BCUT2D eigenvalue weighted by atomic mass is 9.71. The van der Waals surface area contributed by atoms with Crippen LogP contribution in [0.1, 0.15) is 19.8 Å². The summed E-state index contributed by atoms with van der Waals surface area (Å²) in [6, 6.07) is 0.961. The Kier molecular flexibility index (Phi) is 1.00. The zero-order chi connectivity index (χ0) is 9.02. The van der Waals surface area contributed by atoms with Gasteiger partial charge in [-0.05, 0) is 66.7 Å². The van der Waals surface area contributed by atoms with Crippen LogP contribution < -0.4 is 5.32 Å². The fraction of sp³-hybridized carbons (Fsp3) is 1.00. The van der Waals surface area contributed by atoms with Gasteiger partial charge in [0.1, 0.15) is 0 Å². The first-order valence-corrected chi connectivity index (χ1v) is 6.65. The van der Waals surface area contributed by atoms with Gasteiger partial charge in [-0.15, -0.1) is 0 Å². The van der Waals surface area contributed by atoms with E-state index in [0.717, 1.165) is 17.9 Å². The second kappa shape index (κ2) is 1.93. The average Bonchev–Trinajstić information content (AvgIpc) is 2.79. The van der Waals surface area contributed by atoms with Gasteiger partial charge in [0.15, 0.2) is 0 Å². The minimum absolute atomic E-state index is 0.961. The molecule has 6 aliphatic rings. The lowest BCUT2D eigenvalue weighted by Crippen LogP contribution is -2.34. The highest BCUT2D eigenvalue weighted by atomic mass is 15.0. The van der Waals surface area contributed by atoms with Crippen LogP contribution in [0.2, 0.25) is 0 Å². The molecule has 0 radical (unpaired) electrons. The molecule has 76 valence electrons. The van der Waals surface area contributed by atoms with E-state index in [-0.39, 0.29) is 0 Å². The number of rotatable bonds is 2. The molecule has 1 N–H and O–H groups in total. The molecule has 6 bridgehead atoms. The maximum Gasteiger partial charge on any atom is 0.0135 e. The predicted octanol–water partition coefficient (Wildman–Crippen LogP) is 1.74. The molecule has 14 heavy (non-hydrogen) atoms.